The second-order valence-corrected chi connectivity index (χ2v) is 7.74. The molecule has 26 heavy (non-hydrogen) atoms. The molecule has 5 nitrogen and oxygen atoms in total. The molecule has 2 aliphatic rings. The SMILES string of the molecule is O=C(CC[C@@H]1CCCN(Cc2ccc(-n3cccn3)cc2)C1)NC1CC1. The number of hydrogen-bond donors (Lipinski definition) is 1. The van der Waals surface area contributed by atoms with E-state index in [2.05, 4.69) is 39.6 Å². The zero-order chi connectivity index (χ0) is 17.8. The summed E-state index contributed by atoms with van der Waals surface area (Å²) in [6.07, 6.45) is 10.3. The molecular weight excluding hydrogens is 324 g/mol. The monoisotopic (exact) mass is 352 g/mol. The second-order valence-electron chi connectivity index (χ2n) is 7.74. The molecule has 2 aromatic rings. The minimum atomic E-state index is 0.249. The van der Waals surface area contributed by atoms with Gasteiger partial charge < -0.3 is 5.32 Å². The Kier molecular flexibility index (Phi) is 5.34. The standard InChI is InChI=1S/C21H28N4O/c26-21(23-19-7-8-19)11-6-17-3-1-13-24(15-17)16-18-4-9-20(10-5-18)25-14-2-12-22-25/h2,4-5,9-10,12,14,17,19H,1,3,6-8,11,13,15-16H2,(H,23,26)/t17-/m0/s1. The van der Waals surface area contributed by atoms with Gasteiger partial charge in [-0.1, -0.05) is 12.1 Å². The van der Waals surface area contributed by atoms with Crippen molar-refractivity contribution in [2.24, 2.45) is 5.92 Å². The van der Waals surface area contributed by atoms with Gasteiger partial charge in [-0.15, -0.1) is 0 Å². The van der Waals surface area contributed by atoms with E-state index in [1.807, 2.05) is 16.9 Å². The molecule has 0 spiro atoms. The van der Waals surface area contributed by atoms with E-state index in [0.717, 1.165) is 31.7 Å². The summed E-state index contributed by atoms with van der Waals surface area (Å²) in [6, 6.07) is 11.1. The minimum absolute atomic E-state index is 0.249. The van der Waals surface area contributed by atoms with E-state index in [1.54, 1.807) is 6.20 Å². The molecule has 4 rings (SSSR count). The number of benzene rings is 1. The first kappa shape index (κ1) is 17.3. The summed E-state index contributed by atoms with van der Waals surface area (Å²) in [5, 5.41) is 7.37. The number of carbonyl (C=O) groups is 1. The smallest absolute Gasteiger partial charge is 0.220 e. The molecule has 1 amide bonds. The van der Waals surface area contributed by atoms with Crippen LogP contribution >= 0.6 is 0 Å². The summed E-state index contributed by atoms with van der Waals surface area (Å²) in [4.78, 5) is 14.4. The highest BCUT2D eigenvalue weighted by Crippen LogP contribution is 2.24. The van der Waals surface area contributed by atoms with Crippen LogP contribution in [0.25, 0.3) is 5.69 Å². The molecule has 1 saturated carbocycles. The zero-order valence-electron chi connectivity index (χ0n) is 15.3. The summed E-state index contributed by atoms with van der Waals surface area (Å²) in [5.74, 6) is 0.899. The third-order valence-corrected chi connectivity index (χ3v) is 5.44. The largest absolute Gasteiger partial charge is 0.353 e. The van der Waals surface area contributed by atoms with Crippen LogP contribution in [0.1, 0.15) is 44.1 Å². The molecule has 5 heteroatoms. The van der Waals surface area contributed by atoms with Gasteiger partial charge in [0, 0.05) is 37.9 Å². The van der Waals surface area contributed by atoms with Crippen molar-refractivity contribution in [2.45, 2.75) is 51.1 Å². The predicted molar refractivity (Wildman–Crippen MR) is 102 cm³/mol. The van der Waals surface area contributed by atoms with E-state index in [1.165, 1.54) is 31.2 Å². The molecule has 1 aromatic carbocycles. The number of piperidine rings is 1. The van der Waals surface area contributed by atoms with Crippen LogP contribution in [0.5, 0.6) is 0 Å². The molecule has 1 N–H and O–H groups in total. The third kappa shape index (κ3) is 4.73. The van der Waals surface area contributed by atoms with Crippen molar-refractivity contribution in [1.29, 1.82) is 0 Å². The Labute approximate surface area is 155 Å². The van der Waals surface area contributed by atoms with Crippen molar-refractivity contribution in [1.82, 2.24) is 20.0 Å². The minimum Gasteiger partial charge on any atom is -0.353 e. The number of nitrogens with one attached hydrogen (secondary N) is 1. The highest BCUT2D eigenvalue weighted by Gasteiger charge is 2.24. The van der Waals surface area contributed by atoms with E-state index in [0.29, 0.717) is 18.4 Å². The van der Waals surface area contributed by atoms with Crippen LogP contribution in [0, 0.1) is 5.92 Å². The van der Waals surface area contributed by atoms with Crippen LogP contribution in [0.2, 0.25) is 0 Å². The Hall–Kier alpha value is -2.14. The lowest BCUT2D eigenvalue weighted by molar-refractivity contribution is -0.121. The van der Waals surface area contributed by atoms with Crippen molar-refractivity contribution < 1.29 is 4.79 Å². The lowest BCUT2D eigenvalue weighted by Crippen LogP contribution is -2.35. The molecule has 1 atom stereocenters. The average Bonchev–Trinajstić information content (AvgIpc) is 3.30. The van der Waals surface area contributed by atoms with Crippen molar-refractivity contribution >= 4 is 5.91 Å². The Bertz CT molecular complexity index is 706. The van der Waals surface area contributed by atoms with E-state index in [4.69, 9.17) is 0 Å². The normalized spacial score (nSPS) is 20.8. The molecule has 0 bridgehead atoms. The molecule has 1 aliphatic heterocycles. The van der Waals surface area contributed by atoms with Gasteiger partial charge >= 0.3 is 0 Å². The first-order valence-electron chi connectivity index (χ1n) is 9.87. The maximum atomic E-state index is 11.9. The molecular formula is C21H28N4O. The number of hydrogen-bond acceptors (Lipinski definition) is 3. The Morgan fingerprint density at radius 1 is 1.19 bits per heavy atom. The topological polar surface area (TPSA) is 50.2 Å². The van der Waals surface area contributed by atoms with Crippen molar-refractivity contribution in [3.63, 3.8) is 0 Å². The van der Waals surface area contributed by atoms with Crippen LogP contribution in [0.15, 0.2) is 42.7 Å². The highest BCUT2D eigenvalue weighted by atomic mass is 16.1. The van der Waals surface area contributed by atoms with Gasteiger partial charge in [-0.3, -0.25) is 9.69 Å². The number of carbonyl (C=O) groups excluding carboxylic acids is 1. The van der Waals surface area contributed by atoms with E-state index in [9.17, 15) is 4.79 Å². The van der Waals surface area contributed by atoms with Gasteiger partial charge in [0.15, 0.2) is 0 Å². The summed E-state index contributed by atoms with van der Waals surface area (Å²) in [5.41, 5.74) is 2.44. The molecule has 2 heterocycles. The van der Waals surface area contributed by atoms with E-state index >= 15 is 0 Å². The van der Waals surface area contributed by atoms with Gasteiger partial charge in [-0.2, -0.15) is 5.10 Å². The lowest BCUT2D eigenvalue weighted by atomic mass is 9.93. The number of nitrogens with zero attached hydrogens (tertiary/aromatic N) is 3. The van der Waals surface area contributed by atoms with Gasteiger partial charge in [0.2, 0.25) is 5.91 Å². The molecule has 138 valence electrons. The van der Waals surface area contributed by atoms with Gasteiger partial charge in [-0.05, 0) is 68.3 Å². The number of amides is 1. The van der Waals surface area contributed by atoms with Crippen LogP contribution in [0.4, 0.5) is 0 Å². The number of rotatable bonds is 7. The van der Waals surface area contributed by atoms with Crippen molar-refractivity contribution in [3.8, 4) is 5.69 Å². The van der Waals surface area contributed by atoms with Crippen molar-refractivity contribution in [2.75, 3.05) is 13.1 Å². The maximum absolute atomic E-state index is 11.9. The maximum Gasteiger partial charge on any atom is 0.220 e. The van der Waals surface area contributed by atoms with Gasteiger partial charge in [0.25, 0.3) is 0 Å². The third-order valence-electron chi connectivity index (χ3n) is 5.44. The number of aromatic nitrogens is 2. The lowest BCUT2D eigenvalue weighted by Gasteiger charge is -2.32. The molecule has 1 aromatic heterocycles. The van der Waals surface area contributed by atoms with Crippen molar-refractivity contribution in [3.05, 3.63) is 48.3 Å². The molecule has 0 unspecified atom stereocenters. The second kappa shape index (κ2) is 8.04. The quantitative estimate of drug-likeness (QED) is 0.833. The zero-order valence-corrected chi connectivity index (χ0v) is 15.3. The van der Waals surface area contributed by atoms with Gasteiger partial charge in [0.1, 0.15) is 0 Å². The fraction of sp³-hybridized carbons (Fsp3) is 0.524. The average molecular weight is 352 g/mol. The summed E-state index contributed by atoms with van der Waals surface area (Å²) in [6.45, 7) is 3.26. The molecule has 1 saturated heterocycles. The first-order chi connectivity index (χ1) is 12.8. The van der Waals surface area contributed by atoms with Crippen LogP contribution in [-0.2, 0) is 11.3 Å². The fourth-order valence-electron chi connectivity index (χ4n) is 3.83. The summed E-state index contributed by atoms with van der Waals surface area (Å²) >= 11 is 0. The Morgan fingerprint density at radius 3 is 2.77 bits per heavy atom. The van der Waals surface area contributed by atoms with Gasteiger partial charge in [-0.25, -0.2) is 4.68 Å². The van der Waals surface area contributed by atoms with Crippen LogP contribution in [-0.4, -0.2) is 39.7 Å². The van der Waals surface area contributed by atoms with E-state index in [-0.39, 0.29) is 5.91 Å². The molecule has 0 radical (unpaired) electrons. The van der Waals surface area contributed by atoms with Crippen LogP contribution in [0.3, 0.4) is 0 Å². The van der Waals surface area contributed by atoms with Crippen LogP contribution < -0.4 is 5.32 Å². The van der Waals surface area contributed by atoms with Gasteiger partial charge in [0.05, 0.1) is 5.69 Å². The Balaban J connectivity index is 1.25. The fourth-order valence-corrected chi connectivity index (χ4v) is 3.83. The highest BCUT2D eigenvalue weighted by molar-refractivity contribution is 5.76. The number of likely N-dealkylation sites (tertiary alicyclic amines) is 1. The predicted octanol–water partition coefficient (Wildman–Crippen LogP) is 3.14. The molecule has 1 aliphatic carbocycles. The first-order valence-corrected chi connectivity index (χ1v) is 9.87. The summed E-state index contributed by atoms with van der Waals surface area (Å²) < 4.78 is 1.88. The summed E-state index contributed by atoms with van der Waals surface area (Å²) in [7, 11) is 0. The molecule has 2 fully saturated rings. The Morgan fingerprint density at radius 2 is 2.04 bits per heavy atom. The van der Waals surface area contributed by atoms with E-state index < -0.39 is 0 Å².